The molecule has 0 bridgehead atoms. The van der Waals surface area contributed by atoms with Gasteiger partial charge < -0.3 is 10.6 Å². The van der Waals surface area contributed by atoms with E-state index in [1.807, 2.05) is 11.4 Å². The highest BCUT2D eigenvalue weighted by Gasteiger charge is 2.16. The van der Waals surface area contributed by atoms with Crippen LogP contribution < -0.4 is 10.6 Å². The third-order valence-corrected chi connectivity index (χ3v) is 4.24. The molecule has 0 aromatic carbocycles. The molecule has 3 nitrogen and oxygen atoms in total. The summed E-state index contributed by atoms with van der Waals surface area (Å²) in [5.41, 5.74) is 1.16. The summed E-state index contributed by atoms with van der Waals surface area (Å²) in [5.74, 6) is 0.695. The first-order valence-corrected chi connectivity index (χ1v) is 7.24. The van der Waals surface area contributed by atoms with E-state index in [9.17, 15) is 4.79 Å². The van der Waals surface area contributed by atoms with Gasteiger partial charge in [0.15, 0.2) is 0 Å². The van der Waals surface area contributed by atoms with Crippen LogP contribution in [-0.4, -0.2) is 25.5 Å². The van der Waals surface area contributed by atoms with Gasteiger partial charge in [-0.1, -0.05) is 6.92 Å². The summed E-state index contributed by atoms with van der Waals surface area (Å²) in [6.07, 6.45) is 3.37. The summed E-state index contributed by atoms with van der Waals surface area (Å²) in [6.45, 7) is 5.04. The predicted molar refractivity (Wildman–Crippen MR) is 71.6 cm³/mol. The minimum Gasteiger partial charge on any atom is -0.351 e. The average Bonchev–Trinajstić information content (AvgIpc) is 2.85. The smallest absolute Gasteiger partial charge is 0.261 e. The van der Waals surface area contributed by atoms with Crippen LogP contribution in [0.5, 0.6) is 0 Å². The lowest BCUT2D eigenvalue weighted by molar-refractivity contribution is 0.0948. The Bertz CT molecular complexity index is 369. The minimum atomic E-state index is 0.0995. The summed E-state index contributed by atoms with van der Waals surface area (Å²) in [5, 5.41) is 8.42. The molecule has 1 aromatic rings. The Hall–Kier alpha value is -0.870. The second-order valence-corrected chi connectivity index (χ2v) is 5.47. The molecule has 2 rings (SSSR count). The van der Waals surface area contributed by atoms with Crippen LogP contribution in [0.15, 0.2) is 11.4 Å². The molecule has 1 saturated heterocycles. The van der Waals surface area contributed by atoms with E-state index in [4.69, 9.17) is 0 Å². The standard InChI is InChI=1S/C13H20N2OS/c1-2-11-5-7-17-12(11)13(16)15-9-10-4-3-6-14-8-10/h5,7,10,14H,2-4,6,8-9H2,1H3,(H,15,16). The number of carbonyl (C=O) groups is 1. The summed E-state index contributed by atoms with van der Waals surface area (Å²) < 4.78 is 0. The summed E-state index contributed by atoms with van der Waals surface area (Å²) in [6, 6.07) is 2.04. The number of carbonyl (C=O) groups excluding carboxylic acids is 1. The van der Waals surface area contributed by atoms with Crippen molar-refractivity contribution in [3.63, 3.8) is 0 Å². The molecule has 1 atom stereocenters. The van der Waals surface area contributed by atoms with Crippen molar-refractivity contribution in [3.8, 4) is 0 Å². The molecule has 4 heteroatoms. The predicted octanol–water partition coefficient (Wildman–Crippen LogP) is 2.04. The van der Waals surface area contributed by atoms with Crippen LogP contribution >= 0.6 is 11.3 Å². The Morgan fingerprint density at radius 2 is 2.53 bits per heavy atom. The van der Waals surface area contributed by atoms with Crippen LogP contribution in [0.1, 0.15) is 35.0 Å². The third-order valence-electron chi connectivity index (χ3n) is 3.28. The Labute approximate surface area is 107 Å². The Morgan fingerprint density at radius 1 is 1.65 bits per heavy atom. The highest BCUT2D eigenvalue weighted by atomic mass is 32.1. The van der Waals surface area contributed by atoms with Gasteiger partial charge >= 0.3 is 0 Å². The topological polar surface area (TPSA) is 41.1 Å². The van der Waals surface area contributed by atoms with Gasteiger partial charge in [0.2, 0.25) is 0 Å². The fourth-order valence-electron chi connectivity index (χ4n) is 2.23. The van der Waals surface area contributed by atoms with Crippen molar-refractivity contribution in [2.24, 2.45) is 5.92 Å². The quantitative estimate of drug-likeness (QED) is 0.861. The van der Waals surface area contributed by atoms with E-state index in [2.05, 4.69) is 17.6 Å². The maximum absolute atomic E-state index is 12.0. The molecule has 1 unspecified atom stereocenters. The van der Waals surface area contributed by atoms with Gasteiger partial charge in [-0.05, 0) is 55.3 Å². The Kier molecular flexibility index (Phi) is 4.57. The van der Waals surface area contributed by atoms with Crippen LogP contribution in [0.2, 0.25) is 0 Å². The number of thiophene rings is 1. The van der Waals surface area contributed by atoms with Gasteiger partial charge in [-0.25, -0.2) is 0 Å². The van der Waals surface area contributed by atoms with E-state index in [-0.39, 0.29) is 5.91 Å². The van der Waals surface area contributed by atoms with Gasteiger partial charge in [0.05, 0.1) is 4.88 Å². The minimum absolute atomic E-state index is 0.0995. The van der Waals surface area contributed by atoms with Crippen molar-refractivity contribution in [2.45, 2.75) is 26.2 Å². The molecule has 94 valence electrons. The monoisotopic (exact) mass is 252 g/mol. The Morgan fingerprint density at radius 3 is 3.24 bits per heavy atom. The van der Waals surface area contributed by atoms with E-state index >= 15 is 0 Å². The molecular formula is C13H20N2OS. The highest BCUT2D eigenvalue weighted by molar-refractivity contribution is 7.12. The molecule has 1 amide bonds. The number of aryl methyl sites for hydroxylation is 1. The lowest BCUT2D eigenvalue weighted by Crippen LogP contribution is -2.38. The number of rotatable bonds is 4. The maximum atomic E-state index is 12.0. The van der Waals surface area contributed by atoms with Crippen molar-refractivity contribution < 1.29 is 4.79 Å². The summed E-state index contributed by atoms with van der Waals surface area (Å²) in [4.78, 5) is 12.9. The zero-order valence-corrected chi connectivity index (χ0v) is 11.1. The number of piperidine rings is 1. The summed E-state index contributed by atoms with van der Waals surface area (Å²) in [7, 11) is 0. The van der Waals surface area contributed by atoms with Crippen molar-refractivity contribution in [1.29, 1.82) is 0 Å². The van der Waals surface area contributed by atoms with Gasteiger partial charge in [-0.15, -0.1) is 11.3 Å². The normalized spacial score (nSPS) is 20.2. The third kappa shape index (κ3) is 3.30. The van der Waals surface area contributed by atoms with Gasteiger partial charge in [0, 0.05) is 6.54 Å². The summed E-state index contributed by atoms with van der Waals surface area (Å²) >= 11 is 1.54. The second kappa shape index (κ2) is 6.17. The van der Waals surface area contributed by atoms with Crippen molar-refractivity contribution in [1.82, 2.24) is 10.6 Å². The van der Waals surface area contributed by atoms with Crippen LogP contribution in [0.4, 0.5) is 0 Å². The van der Waals surface area contributed by atoms with E-state index in [0.717, 1.165) is 36.5 Å². The van der Waals surface area contributed by atoms with Crippen LogP contribution in [-0.2, 0) is 6.42 Å². The fourth-order valence-corrected chi connectivity index (χ4v) is 3.14. The lowest BCUT2D eigenvalue weighted by atomic mass is 10.00. The van der Waals surface area contributed by atoms with Gasteiger partial charge in [-0.2, -0.15) is 0 Å². The molecule has 0 spiro atoms. The van der Waals surface area contributed by atoms with E-state index in [1.54, 1.807) is 11.3 Å². The van der Waals surface area contributed by atoms with Crippen LogP contribution in [0, 0.1) is 5.92 Å². The lowest BCUT2D eigenvalue weighted by Gasteiger charge is -2.22. The van der Waals surface area contributed by atoms with Gasteiger partial charge in [0.25, 0.3) is 5.91 Å². The maximum Gasteiger partial charge on any atom is 0.261 e. The number of nitrogens with one attached hydrogen (secondary N) is 2. The number of hydrogen-bond donors (Lipinski definition) is 2. The zero-order valence-electron chi connectivity index (χ0n) is 10.3. The van der Waals surface area contributed by atoms with E-state index < -0.39 is 0 Å². The largest absolute Gasteiger partial charge is 0.351 e. The molecule has 1 aliphatic rings. The molecule has 2 heterocycles. The molecule has 2 N–H and O–H groups in total. The fraction of sp³-hybridized carbons (Fsp3) is 0.615. The first-order valence-electron chi connectivity index (χ1n) is 6.36. The van der Waals surface area contributed by atoms with Gasteiger partial charge in [-0.3, -0.25) is 4.79 Å². The second-order valence-electron chi connectivity index (χ2n) is 4.55. The number of amides is 1. The highest BCUT2D eigenvalue weighted by Crippen LogP contribution is 2.17. The first kappa shape index (κ1) is 12.6. The Balaban J connectivity index is 1.84. The first-order chi connectivity index (χ1) is 8.31. The molecule has 1 aromatic heterocycles. The molecule has 0 saturated carbocycles. The number of hydrogen-bond acceptors (Lipinski definition) is 3. The van der Waals surface area contributed by atoms with Crippen LogP contribution in [0.25, 0.3) is 0 Å². The van der Waals surface area contributed by atoms with Crippen molar-refractivity contribution in [2.75, 3.05) is 19.6 Å². The molecule has 0 radical (unpaired) electrons. The molecule has 1 aliphatic heterocycles. The van der Waals surface area contributed by atoms with Crippen LogP contribution in [0.3, 0.4) is 0 Å². The molecule has 17 heavy (non-hydrogen) atoms. The average molecular weight is 252 g/mol. The SMILES string of the molecule is CCc1ccsc1C(=O)NCC1CCCNC1. The zero-order chi connectivity index (χ0) is 12.1. The van der Waals surface area contributed by atoms with E-state index in [0.29, 0.717) is 5.92 Å². The molecule has 0 aliphatic carbocycles. The molecular weight excluding hydrogens is 232 g/mol. The molecule has 1 fully saturated rings. The van der Waals surface area contributed by atoms with E-state index in [1.165, 1.54) is 12.8 Å². The van der Waals surface area contributed by atoms with Crippen molar-refractivity contribution in [3.05, 3.63) is 21.9 Å². The van der Waals surface area contributed by atoms with Gasteiger partial charge in [0.1, 0.15) is 0 Å². The van der Waals surface area contributed by atoms with Crippen molar-refractivity contribution >= 4 is 17.2 Å².